The SMILES string of the molecule is O=CCCC(=O)NCCCOP(=O)(O)OC1=C(O)C(C(O)CO)OC1=O. The van der Waals surface area contributed by atoms with Crippen molar-refractivity contribution in [2.45, 2.75) is 31.5 Å². The fraction of sp³-hybridized carbons (Fsp3) is 0.615. The first kappa shape index (κ1) is 22.1. The molecule has 0 saturated carbocycles. The number of carbonyl (C=O) groups excluding carboxylic acids is 3. The lowest BCUT2D eigenvalue weighted by Crippen LogP contribution is -2.31. The number of hydrogen-bond donors (Lipinski definition) is 5. The minimum atomic E-state index is -4.78. The van der Waals surface area contributed by atoms with Gasteiger partial charge in [0.2, 0.25) is 5.91 Å². The van der Waals surface area contributed by atoms with Crippen LogP contribution in [-0.2, 0) is 32.7 Å². The highest BCUT2D eigenvalue weighted by molar-refractivity contribution is 7.47. The molecule has 0 aromatic heterocycles. The number of carbonyl (C=O) groups is 3. The van der Waals surface area contributed by atoms with Gasteiger partial charge in [-0.3, -0.25) is 14.2 Å². The van der Waals surface area contributed by atoms with E-state index in [-0.39, 0.29) is 38.3 Å². The maximum Gasteiger partial charge on any atom is 0.527 e. The highest BCUT2D eigenvalue weighted by atomic mass is 31.2. The molecule has 0 aromatic rings. The summed E-state index contributed by atoms with van der Waals surface area (Å²) in [7, 11) is -4.78. The molecule has 0 aromatic carbocycles. The van der Waals surface area contributed by atoms with E-state index in [1.807, 2.05) is 0 Å². The molecule has 1 rings (SSSR count). The fourth-order valence-electron chi connectivity index (χ4n) is 1.80. The number of rotatable bonds is 12. The van der Waals surface area contributed by atoms with Gasteiger partial charge >= 0.3 is 13.8 Å². The molecule has 26 heavy (non-hydrogen) atoms. The van der Waals surface area contributed by atoms with Crippen molar-refractivity contribution in [3.05, 3.63) is 11.5 Å². The van der Waals surface area contributed by atoms with Gasteiger partial charge in [0.1, 0.15) is 12.4 Å². The Morgan fingerprint density at radius 2 is 2.15 bits per heavy atom. The Morgan fingerprint density at radius 3 is 2.77 bits per heavy atom. The topological polar surface area (TPSA) is 189 Å². The molecule has 0 fully saturated rings. The van der Waals surface area contributed by atoms with Crippen LogP contribution in [0.2, 0.25) is 0 Å². The molecule has 1 aliphatic heterocycles. The summed E-state index contributed by atoms with van der Waals surface area (Å²) in [5.41, 5.74) is 0. The molecule has 0 spiro atoms. The van der Waals surface area contributed by atoms with E-state index in [0.717, 1.165) is 0 Å². The Balaban J connectivity index is 2.45. The van der Waals surface area contributed by atoms with Crippen molar-refractivity contribution in [2.75, 3.05) is 19.8 Å². The normalized spacial score (nSPS) is 20.3. The molecule has 1 aliphatic rings. The van der Waals surface area contributed by atoms with Crippen LogP contribution in [-0.4, -0.2) is 70.3 Å². The first-order valence-corrected chi connectivity index (χ1v) is 9.01. The van der Waals surface area contributed by atoms with Crippen molar-refractivity contribution in [1.29, 1.82) is 0 Å². The molecule has 0 radical (unpaired) electrons. The first-order valence-electron chi connectivity index (χ1n) is 7.52. The van der Waals surface area contributed by atoms with E-state index in [9.17, 15) is 34.1 Å². The number of aliphatic hydroxyl groups is 3. The summed E-state index contributed by atoms with van der Waals surface area (Å²) in [6.07, 6.45) is -2.41. The molecule has 13 heteroatoms. The van der Waals surface area contributed by atoms with Crippen LogP contribution < -0.4 is 5.32 Å². The quantitative estimate of drug-likeness (QED) is 0.113. The van der Waals surface area contributed by atoms with Crippen LogP contribution in [0.5, 0.6) is 0 Å². The molecular formula is C13H20NO11P. The van der Waals surface area contributed by atoms with Gasteiger partial charge in [0, 0.05) is 19.4 Å². The number of aldehydes is 1. The fourth-order valence-corrected chi connectivity index (χ4v) is 2.61. The molecule has 0 saturated heterocycles. The third-order valence-corrected chi connectivity index (χ3v) is 3.97. The average Bonchev–Trinajstić information content (AvgIpc) is 2.86. The Hall–Kier alpha value is -1.98. The average molecular weight is 397 g/mol. The maximum atomic E-state index is 11.8. The highest BCUT2D eigenvalue weighted by Crippen LogP contribution is 2.47. The zero-order chi connectivity index (χ0) is 19.7. The summed E-state index contributed by atoms with van der Waals surface area (Å²) in [6.45, 7) is -1.05. The lowest BCUT2D eigenvalue weighted by Gasteiger charge is -2.14. The van der Waals surface area contributed by atoms with Crippen LogP contribution in [0.4, 0.5) is 0 Å². The number of phosphoric ester groups is 1. The Morgan fingerprint density at radius 1 is 1.46 bits per heavy atom. The van der Waals surface area contributed by atoms with Crippen molar-refractivity contribution < 1.29 is 52.9 Å². The zero-order valence-electron chi connectivity index (χ0n) is 13.6. The van der Waals surface area contributed by atoms with Gasteiger partial charge in [-0.1, -0.05) is 0 Å². The van der Waals surface area contributed by atoms with Crippen molar-refractivity contribution in [3.8, 4) is 0 Å². The predicted molar refractivity (Wildman–Crippen MR) is 82.4 cm³/mol. The first-order chi connectivity index (χ1) is 12.2. The predicted octanol–water partition coefficient (Wildman–Crippen LogP) is -1.35. The van der Waals surface area contributed by atoms with Gasteiger partial charge in [0.05, 0.1) is 13.2 Å². The van der Waals surface area contributed by atoms with Crippen LogP contribution in [0.3, 0.4) is 0 Å². The minimum Gasteiger partial charge on any atom is -0.505 e. The van der Waals surface area contributed by atoms with Gasteiger partial charge in [0.15, 0.2) is 11.9 Å². The lowest BCUT2D eigenvalue weighted by molar-refractivity contribution is -0.147. The third-order valence-electron chi connectivity index (χ3n) is 3.05. The lowest BCUT2D eigenvalue weighted by atomic mass is 10.2. The van der Waals surface area contributed by atoms with Crippen molar-refractivity contribution in [3.63, 3.8) is 0 Å². The molecule has 148 valence electrons. The summed E-state index contributed by atoms with van der Waals surface area (Å²) in [5, 5.41) is 30.3. The van der Waals surface area contributed by atoms with E-state index in [1.165, 1.54) is 0 Å². The number of phosphoric acid groups is 1. The van der Waals surface area contributed by atoms with Crippen LogP contribution in [0.15, 0.2) is 11.5 Å². The molecule has 0 bridgehead atoms. The van der Waals surface area contributed by atoms with Gasteiger partial charge in [0.25, 0.3) is 5.76 Å². The van der Waals surface area contributed by atoms with E-state index in [1.54, 1.807) is 0 Å². The molecule has 12 nitrogen and oxygen atoms in total. The molecule has 0 aliphatic carbocycles. The monoisotopic (exact) mass is 397 g/mol. The van der Waals surface area contributed by atoms with Crippen molar-refractivity contribution >= 4 is 26.0 Å². The second-order valence-electron chi connectivity index (χ2n) is 5.09. The summed E-state index contributed by atoms with van der Waals surface area (Å²) in [5.74, 6) is -3.62. The number of cyclic esters (lactones) is 1. The van der Waals surface area contributed by atoms with Crippen molar-refractivity contribution in [2.24, 2.45) is 0 Å². The second-order valence-corrected chi connectivity index (χ2v) is 6.47. The van der Waals surface area contributed by atoms with Crippen LogP contribution in [0, 0.1) is 0 Å². The molecule has 3 atom stereocenters. The maximum absolute atomic E-state index is 11.8. The number of amides is 1. The number of hydrogen-bond acceptors (Lipinski definition) is 10. The Labute approximate surface area is 148 Å². The molecule has 3 unspecified atom stereocenters. The van der Waals surface area contributed by atoms with Gasteiger partial charge in [-0.15, -0.1) is 0 Å². The minimum absolute atomic E-state index is 0.0301. The van der Waals surface area contributed by atoms with Crippen LogP contribution in [0.25, 0.3) is 0 Å². The van der Waals surface area contributed by atoms with E-state index in [0.29, 0.717) is 6.29 Å². The van der Waals surface area contributed by atoms with E-state index in [2.05, 4.69) is 19.1 Å². The van der Waals surface area contributed by atoms with E-state index >= 15 is 0 Å². The summed E-state index contributed by atoms with van der Waals surface area (Å²) < 4.78 is 25.3. The molecule has 1 amide bonds. The molecular weight excluding hydrogens is 377 g/mol. The highest BCUT2D eigenvalue weighted by Gasteiger charge is 2.43. The third kappa shape index (κ3) is 6.73. The Kier molecular flexibility index (Phi) is 8.69. The second kappa shape index (κ2) is 10.2. The number of ether oxygens (including phenoxy) is 1. The van der Waals surface area contributed by atoms with E-state index in [4.69, 9.17) is 5.11 Å². The van der Waals surface area contributed by atoms with Crippen LogP contribution in [0.1, 0.15) is 19.3 Å². The molecule has 5 N–H and O–H groups in total. The number of esters is 1. The van der Waals surface area contributed by atoms with Gasteiger partial charge in [-0.05, 0) is 6.42 Å². The number of nitrogens with one attached hydrogen (secondary N) is 1. The largest absolute Gasteiger partial charge is 0.527 e. The number of aliphatic hydroxyl groups excluding tert-OH is 3. The summed E-state index contributed by atoms with van der Waals surface area (Å²) >= 11 is 0. The van der Waals surface area contributed by atoms with Gasteiger partial charge in [-0.25, -0.2) is 9.36 Å². The standard InChI is InChI=1S/C13H20NO11P/c15-5-1-3-9(18)14-4-2-6-23-26(21,22)25-12-10(19)11(8(17)7-16)24-13(12)20/h5,8,11,16-17,19H,1-4,6-7H2,(H,14,18)(H,21,22). The van der Waals surface area contributed by atoms with E-state index < -0.39 is 44.1 Å². The molecule has 1 heterocycles. The Bertz CT molecular complexity index is 605. The smallest absolute Gasteiger partial charge is 0.505 e. The van der Waals surface area contributed by atoms with Gasteiger partial charge < -0.3 is 34.7 Å². The van der Waals surface area contributed by atoms with Crippen molar-refractivity contribution in [1.82, 2.24) is 5.32 Å². The van der Waals surface area contributed by atoms with Crippen LogP contribution >= 0.6 is 7.82 Å². The zero-order valence-corrected chi connectivity index (χ0v) is 14.5. The van der Waals surface area contributed by atoms with Gasteiger partial charge in [-0.2, -0.15) is 0 Å². The summed E-state index contributed by atoms with van der Waals surface area (Å²) in [6, 6.07) is 0. The summed E-state index contributed by atoms with van der Waals surface area (Å²) in [4.78, 5) is 42.4.